The van der Waals surface area contributed by atoms with Crippen LogP contribution in [0, 0.1) is 0 Å². The van der Waals surface area contributed by atoms with Gasteiger partial charge in [-0.1, -0.05) is 13.3 Å². The number of nitrogens with zero attached hydrogens (tertiary/aromatic N) is 1. The second kappa shape index (κ2) is 8.64. The van der Waals surface area contributed by atoms with Crippen LogP contribution < -0.4 is 10.2 Å². The van der Waals surface area contributed by atoms with Gasteiger partial charge in [-0.2, -0.15) is 5.10 Å². The van der Waals surface area contributed by atoms with Gasteiger partial charge >= 0.3 is 0 Å². The molecule has 1 fully saturated rings. The smallest absolute Gasteiger partial charge is 0.245 e. The van der Waals surface area contributed by atoms with Crippen molar-refractivity contribution in [1.82, 2.24) is 5.43 Å². The first-order chi connectivity index (χ1) is 11.1. The first-order valence-electron chi connectivity index (χ1n) is 7.94. The van der Waals surface area contributed by atoms with Crippen molar-refractivity contribution in [3.8, 4) is 5.75 Å². The summed E-state index contributed by atoms with van der Waals surface area (Å²) < 4.78 is 16.3. The Kier molecular flexibility index (Phi) is 6.55. The third kappa shape index (κ3) is 6.00. The van der Waals surface area contributed by atoms with Crippen LogP contribution >= 0.6 is 0 Å². The summed E-state index contributed by atoms with van der Waals surface area (Å²) in [5.41, 5.74) is 3.36. The predicted octanol–water partition coefficient (Wildman–Crippen LogP) is 2.47. The van der Waals surface area contributed by atoms with Gasteiger partial charge in [-0.3, -0.25) is 4.79 Å². The highest BCUT2D eigenvalue weighted by Crippen LogP contribution is 2.22. The number of rotatable bonds is 8. The lowest BCUT2D eigenvalue weighted by molar-refractivity contribution is -0.159. The minimum Gasteiger partial charge on any atom is -0.494 e. The fraction of sp³-hybridized carbons (Fsp3) is 0.529. The second-order valence-electron chi connectivity index (χ2n) is 5.57. The monoisotopic (exact) mass is 320 g/mol. The SMILES string of the molecule is CCCCOc1ccc(/C=N\NC(=O)CC2(C)OCCO2)cc1. The summed E-state index contributed by atoms with van der Waals surface area (Å²) in [4.78, 5) is 11.8. The lowest BCUT2D eigenvalue weighted by Crippen LogP contribution is -2.33. The van der Waals surface area contributed by atoms with E-state index >= 15 is 0 Å². The predicted molar refractivity (Wildman–Crippen MR) is 87.5 cm³/mol. The van der Waals surface area contributed by atoms with E-state index in [4.69, 9.17) is 14.2 Å². The summed E-state index contributed by atoms with van der Waals surface area (Å²) in [5, 5.41) is 3.94. The zero-order valence-corrected chi connectivity index (χ0v) is 13.7. The van der Waals surface area contributed by atoms with Gasteiger partial charge in [0.25, 0.3) is 0 Å². The Morgan fingerprint density at radius 3 is 2.70 bits per heavy atom. The van der Waals surface area contributed by atoms with Crippen LogP contribution in [-0.2, 0) is 14.3 Å². The van der Waals surface area contributed by atoms with Crippen LogP contribution in [0.4, 0.5) is 0 Å². The summed E-state index contributed by atoms with van der Waals surface area (Å²) in [7, 11) is 0. The Hall–Kier alpha value is -1.92. The van der Waals surface area contributed by atoms with E-state index in [-0.39, 0.29) is 12.3 Å². The standard InChI is InChI=1S/C17H24N2O4/c1-3-4-9-21-15-7-5-14(6-8-15)13-18-19-16(20)12-17(2)22-10-11-23-17/h5-8,13H,3-4,9-12H2,1-2H3,(H,19,20)/b18-13-. The van der Waals surface area contributed by atoms with Crippen molar-refractivity contribution in [2.24, 2.45) is 5.10 Å². The van der Waals surface area contributed by atoms with E-state index in [9.17, 15) is 4.79 Å². The molecule has 0 unspecified atom stereocenters. The zero-order chi connectivity index (χ0) is 16.5. The number of benzene rings is 1. The normalized spacial score (nSPS) is 16.6. The molecule has 1 aromatic rings. The molecule has 1 aliphatic heterocycles. The Labute approximate surface area is 136 Å². The van der Waals surface area contributed by atoms with Crippen molar-refractivity contribution in [1.29, 1.82) is 0 Å². The van der Waals surface area contributed by atoms with Gasteiger partial charge in [0, 0.05) is 0 Å². The molecule has 23 heavy (non-hydrogen) atoms. The Morgan fingerprint density at radius 2 is 2.04 bits per heavy atom. The second-order valence-corrected chi connectivity index (χ2v) is 5.57. The van der Waals surface area contributed by atoms with Gasteiger partial charge in [0.15, 0.2) is 5.79 Å². The molecule has 1 heterocycles. The first-order valence-corrected chi connectivity index (χ1v) is 7.94. The molecule has 1 N–H and O–H groups in total. The van der Waals surface area contributed by atoms with Gasteiger partial charge in [0.2, 0.25) is 5.91 Å². The van der Waals surface area contributed by atoms with E-state index in [0.717, 1.165) is 30.8 Å². The Morgan fingerprint density at radius 1 is 1.35 bits per heavy atom. The van der Waals surface area contributed by atoms with Crippen molar-refractivity contribution in [2.45, 2.75) is 38.9 Å². The van der Waals surface area contributed by atoms with E-state index in [2.05, 4.69) is 17.5 Å². The first kappa shape index (κ1) is 17.4. The lowest BCUT2D eigenvalue weighted by atomic mass is 10.2. The molecule has 0 atom stereocenters. The third-order valence-electron chi connectivity index (χ3n) is 3.43. The number of hydrogen-bond donors (Lipinski definition) is 1. The van der Waals surface area contributed by atoms with E-state index in [1.807, 2.05) is 24.3 Å². The average Bonchev–Trinajstić information content (AvgIpc) is 2.95. The van der Waals surface area contributed by atoms with Crippen LogP contribution in [0.2, 0.25) is 0 Å². The topological polar surface area (TPSA) is 69.2 Å². The maximum Gasteiger partial charge on any atom is 0.245 e. The molecule has 0 radical (unpaired) electrons. The maximum absolute atomic E-state index is 11.8. The largest absolute Gasteiger partial charge is 0.494 e. The van der Waals surface area contributed by atoms with Crippen LogP contribution in [0.3, 0.4) is 0 Å². The summed E-state index contributed by atoms with van der Waals surface area (Å²) in [5.74, 6) is -0.245. The molecule has 126 valence electrons. The van der Waals surface area contributed by atoms with Crippen molar-refractivity contribution in [3.63, 3.8) is 0 Å². The van der Waals surface area contributed by atoms with Crippen LogP contribution in [0.15, 0.2) is 29.4 Å². The molecular weight excluding hydrogens is 296 g/mol. The van der Waals surface area contributed by atoms with Gasteiger partial charge in [-0.15, -0.1) is 0 Å². The number of nitrogens with one attached hydrogen (secondary N) is 1. The molecular formula is C17H24N2O4. The van der Waals surface area contributed by atoms with E-state index in [1.54, 1.807) is 13.1 Å². The molecule has 0 aromatic heterocycles. The maximum atomic E-state index is 11.8. The molecule has 0 spiro atoms. The minimum atomic E-state index is -0.836. The van der Waals surface area contributed by atoms with Crippen molar-refractivity contribution in [3.05, 3.63) is 29.8 Å². The highest BCUT2D eigenvalue weighted by Gasteiger charge is 2.33. The minimum absolute atomic E-state index is 0.120. The molecule has 1 saturated heterocycles. The Balaban J connectivity index is 1.75. The zero-order valence-electron chi connectivity index (χ0n) is 13.7. The Bertz CT molecular complexity index is 522. The van der Waals surface area contributed by atoms with Crippen molar-refractivity contribution >= 4 is 12.1 Å². The summed E-state index contributed by atoms with van der Waals surface area (Å²) in [6.07, 6.45) is 3.86. The van der Waals surface area contributed by atoms with Crippen LogP contribution in [-0.4, -0.2) is 37.7 Å². The van der Waals surface area contributed by atoms with Gasteiger partial charge in [0.1, 0.15) is 5.75 Å². The molecule has 1 amide bonds. The lowest BCUT2D eigenvalue weighted by Gasteiger charge is -2.20. The molecule has 0 bridgehead atoms. The van der Waals surface area contributed by atoms with Crippen LogP contribution in [0.5, 0.6) is 5.75 Å². The summed E-state index contributed by atoms with van der Waals surface area (Å²) >= 11 is 0. The number of carbonyl (C=O) groups excluding carboxylic acids is 1. The summed E-state index contributed by atoms with van der Waals surface area (Å²) in [6, 6.07) is 7.56. The third-order valence-corrected chi connectivity index (χ3v) is 3.43. The van der Waals surface area contributed by atoms with Crippen molar-refractivity contribution < 1.29 is 19.0 Å². The molecule has 0 saturated carbocycles. The number of hydrogen-bond acceptors (Lipinski definition) is 5. The summed E-state index contributed by atoms with van der Waals surface area (Å²) in [6.45, 7) is 5.63. The van der Waals surface area contributed by atoms with Gasteiger partial charge < -0.3 is 14.2 Å². The van der Waals surface area contributed by atoms with Crippen molar-refractivity contribution in [2.75, 3.05) is 19.8 Å². The quantitative estimate of drug-likeness (QED) is 0.454. The number of amides is 1. The van der Waals surface area contributed by atoms with E-state index in [0.29, 0.717) is 13.2 Å². The highest BCUT2D eigenvalue weighted by atomic mass is 16.7. The number of unbranched alkanes of at least 4 members (excludes halogenated alkanes) is 1. The molecule has 6 heteroatoms. The van der Waals surface area contributed by atoms with Crippen LogP contribution in [0.25, 0.3) is 0 Å². The number of hydrazone groups is 1. The fourth-order valence-corrected chi connectivity index (χ4v) is 2.15. The number of carbonyl (C=O) groups is 1. The van der Waals surface area contributed by atoms with E-state index < -0.39 is 5.79 Å². The van der Waals surface area contributed by atoms with Gasteiger partial charge in [-0.25, -0.2) is 5.43 Å². The molecule has 6 nitrogen and oxygen atoms in total. The van der Waals surface area contributed by atoms with Gasteiger partial charge in [-0.05, 0) is 43.2 Å². The van der Waals surface area contributed by atoms with Gasteiger partial charge in [0.05, 0.1) is 32.5 Å². The highest BCUT2D eigenvalue weighted by molar-refractivity contribution is 5.82. The molecule has 2 rings (SSSR count). The molecule has 1 aromatic carbocycles. The van der Waals surface area contributed by atoms with Crippen LogP contribution in [0.1, 0.15) is 38.7 Å². The molecule has 0 aliphatic carbocycles. The fourth-order valence-electron chi connectivity index (χ4n) is 2.15. The number of ether oxygens (including phenoxy) is 3. The molecule has 1 aliphatic rings. The van der Waals surface area contributed by atoms with E-state index in [1.165, 1.54) is 0 Å². The average molecular weight is 320 g/mol.